The van der Waals surface area contributed by atoms with Gasteiger partial charge in [-0.2, -0.15) is 0 Å². The summed E-state index contributed by atoms with van der Waals surface area (Å²) in [6, 6.07) is 14.2. The van der Waals surface area contributed by atoms with Gasteiger partial charge in [-0.1, -0.05) is 17.7 Å². The van der Waals surface area contributed by atoms with E-state index in [4.69, 9.17) is 4.74 Å². The normalized spacial score (nSPS) is 16.9. The Morgan fingerprint density at radius 2 is 1.62 bits per heavy atom. The lowest BCUT2D eigenvalue weighted by atomic mass is 10.0. The van der Waals surface area contributed by atoms with E-state index >= 15 is 0 Å². The number of ketones is 1. The predicted octanol–water partition coefficient (Wildman–Crippen LogP) is 3.49. The maximum atomic E-state index is 12.8. The van der Waals surface area contributed by atoms with Gasteiger partial charge in [0.25, 0.3) is 5.91 Å². The highest BCUT2D eigenvalue weighted by molar-refractivity contribution is 6.04. The van der Waals surface area contributed by atoms with Gasteiger partial charge in [-0.3, -0.25) is 9.59 Å². The molecule has 0 bridgehead atoms. The summed E-state index contributed by atoms with van der Waals surface area (Å²) in [6.45, 7) is 2.61. The fourth-order valence-electron chi connectivity index (χ4n) is 3.09. The third kappa shape index (κ3) is 3.18. The van der Waals surface area contributed by atoms with Crippen LogP contribution in [0.2, 0.25) is 0 Å². The van der Waals surface area contributed by atoms with Crippen molar-refractivity contribution in [3.63, 3.8) is 0 Å². The zero-order chi connectivity index (χ0) is 17.1. The highest BCUT2D eigenvalue weighted by Gasteiger charge is 2.34. The average Bonchev–Trinajstić information content (AvgIpc) is 3.11. The van der Waals surface area contributed by atoms with Crippen LogP contribution in [0.25, 0.3) is 0 Å². The van der Waals surface area contributed by atoms with Crippen molar-refractivity contribution in [2.24, 2.45) is 0 Å². The van der Waals surface area contributed by atoms with Gasteiger partial charge < -0.3 is 9.64 Å². The van der Waals surface area contributed by atoms with Crippen LogP contribution in [0.1, 0.15) is 39.1 Å². The molecule has 0 aromatic heterocycles. The number of aryl methyl sites for hydroxylation is 1. The maximum Gasteiger partial charge on any atom is 0.254 e. The number of carbonyl (C=O) groups excluding carboxylic acids is 2. The van der Waals surface area contributed by atoms with Gasteiger partial charge in [-0.05, 0) is 56.2 Å². The summed E-state index contributed by atoms with van der Waals surface area (Å²) in [5, 5.41) is 0. The molecular weight excluding hydrogens is 302 g/mol. The number of hydrogen-bond acceptors (Lipinski definition) is 3. The van der Waals surface area contributed by atoms with Crippen LogP contribution in [0.4, 0.5) is 0 Å². The van der Waals surface area contributed by atoms with E-state index in [1.165, 1.54) is 0 Å². The summed E-state index contributed by atoms with van der Waals surface area (Å²) in [7, 11) is 1.59. The molecule has 1 aliphatic rings. The molecule has 0 saturated carbocycles. The Balaban J connectivity index is 1.80. The van der Waals surface area contributed by atoms with Gasteiger partial charge in [0.15, 0.2) is 5.78 Å². The second-order valence-corrected chi connectivity index (χ2v) is 6.12. The van der Waals surface area contributed by atoms with E-state index in [1.54, 1.807) is 36.3 Å². The fraction of sp³-hybridized carbons (Fsp3) is 0.300. The number of benzene rings is 2. The number of hydrogen-bond donors (Lipinski definition) is 0. The molecule has 0 radical (unpaired) electrons. The van der Waals surface area contributed by atoms with Crippen LogP contribution >= 0.6 is 0 Å². The second kappa shape index (κ2) is 6.87. The van der Waals surface area contributed by atoms with Crippen LogP contribution in [0.15, 0.2) is 48.5 Å². The highest BCUT2D eigenvalue weighted by Crippen LogP contribution is 2.24. The lowest BCUT2D eigenvalue weighted by Gasteiger charge is -2.24. The van der Waals surface area contributed by atoms with Crippen molar-refractivity contribution in [1.29, 1.82) is 0 Å². The number of rotatable bonds is 4. The molecule has 1 heterocycles. The van der Waals surface area contributed by atoms with Crippen LogP contribution in [0.3, 0.4) is 0 Å². The van der Waals surface area contributed by atoms with Gasteiger partial charge in [0, 0.05) is 17.7 Å². The van der Waals surface area contributed by atoms with Gasteiger partial charge in [-0.15, -0.1) is 0 Å². The first-order chi connectivity index (χ1) is 11.6. The third-order valence-corrected chi connectivity index (χ3v) is 4.49. The molecule has 2 aromatic carbocycles. The zero-order valence-corrected chi connectivity index (χ0v) is 14.0. The summed E-state index contributed by atoms with van der Waals surface area (Å²) in [5.74, 6) is 0.639. The van der Waals surface area contributed by atoms with E-state index in [0.29, 0.717) is 29.8 Å². The van der Waals surface area contributed by atoms with E-state index < -0.39 is 0 Å². The van der Waals surface area contributed by atoms with E-state index in [9.17, 15) is 9.59 Å². The van der Waals surface area contributed by atoms with Crippen LogP contribution in [0, 0.1) is 6.92 Å². The van der Waals surface area contributed by atoms with E-state index in [-0.39, 0.29) is 17.7 Å². The average molecular weight is 323 g/mol. The number of Topliss-reactive ketones (excluding diaryl/α,β-unsaturated/α-hetero) is 1. The third-order valence-electron chi connectivity index (χ3n) is 4.49. The Hall–Kier alpha value is -2.62. The minimum Gasteiger partial charge on any atom is -0.497 e. The second-order valence-electron chi connectivity index (χ2n) is 6.12. The summed E-state index contributed by atoms with van der Waals surface area (Å²) in [4.78, 5) is 27.3. The molecule has 4 nitrogen and oxygen atoms in total. The lowest BCUT2D eigenvalue weighted by molar-refractivity contribution is 0.0671. The number of amides is 1. The SMILES string of the molecule is COc1ccc(C(=O)C2CCCN2C(=O)c2ccc(C)cc2)cc1. The fourth-order valence-corrected chi connectivity index (χ4v) is 3.09. The van der Waals surface area contributed by atoms with Crippen molar-refractivity contribution >= 4 is 11.7 Å². The standard InChI is InChI=1S/C20H21NO3/c1-14-5-7-16(8-6-14)20(23)21-13-3-4-18(21)19(22)15-9-11-17(24-2)12-10-15/h5-12,18H,3-4,13H2,1-2H3. The van der Waals surface area contributed by atoms with Crippen LogP contribution in [0.5, 0.6) is 5.75 Å². The minimum atomic E-state index is -0.382. The maximum absolute atomic E-state index is 12.8. The number of nitrogens with zero attached hydrogens (tertiary/aromatic N) is 1. The van der Waals surface area contributed by atoms with Crippen molar-refractivity contribution in [2.45, 2.75) is 25.8 Å². The Kier molecular flexibility index (Phi) is 4.65. The number of ether oxygens (including phenoxy) is 1. The summed E-state index contributed by atoms with van der Waals surface area (Å²) in [5.41, 5.74) is 2.36. The molecule has 1 unspecified atom stereocenters. The van der Waals surface area contributed by atoms with E-state index in [2.05, 4.69) is 0 Å². The van der Waals surface area contributed by atoms with Gasteiger partial charge in [-0.25, -0.2) is 0 Å². The Morgan fingerprint density at radius 1 is 1.00 bits per heavy atom. The highest BCUT2D eigenvalue weighted by atomic mass is 16.5. The molecule has 24 heavy (non-hydrogen) atoms. The van der Waals surface area contributed by atoms with Gasteiger partial charge in [0.1, 0.15) is 5.75 Å². The number of likely N-dealkylation sites (tertiary alicyclic amines) is 1. The molecular formula is C20H21NO3. The van der Waals surface area contributed by atoms with Crippen LogP contribution < -0.4 is 4.74 Å². The smallest absolute Gasteiger partial charge is 0.254 e. The molecule has 2 aromatic rings. The Labute approximate surface area is 142 Å². The van der Waals surface area contributed by atoms with Gasteiger partial charge in [0.2, 0.25) is 0 Å². The first-order valence-corrected chi connectivity index (χ1v) is 8.16. The predicted molar refractivity (Wildman–Crippen MR) is 92.6 cm³/mol. The molecule has 1 atom stereocenters. The first kappa shape index (κ1) is 16.2. The summed E-state index contributed by atoms with van der Waals surface area (Å²) < 4.78 is 5.13. The quantitative estimate of drug-likeness (QED) is 0.809. The van der Waals surface area contributed by atoms with Crippen LogP contribution in [-0.4, -0.2) is 36.3 Å². The topological polar surface area (TPSA) is 46.6 Å². The van der Waals surface area contributed by atoms with Crippen molar-refractivity contribution in [3.8, 4) is 5.75 Å². The monoisotopic (exact) mass is 323 g/mol. The lowest BCUT2D eigenvalue weighted by Crippen LogP contribution is -2.40. The minimum absolute atomic E-state index is 0.00406. The molecule has 124 valence electrons. The Morgan fingerprint density at radius 3 is 2.25 bits per heavy atom. The molecule has 1 amide bonds. The van der Waals surface area contributed by atoms with Gasteiger partial charge >= 0.3 is 0 Å². The van der Waals surface area contributed by atoms with Gasteiger partial charge in [0.05, 0.1) is 13.2 Å². The molecule has 0 N–H and O–H groups in total. The molecule has 1 aliphatic heterocycles. The largest absolute Gasteiger partial charge is 0.497 e. The van der Waals surface area contributed by atoms with Crippen LogP contribution in [-0.2, 0) is 0 Å². The molecule has 1 fully saturated rings. The Bertz CT molecular complexity index is 734. The van der Waals surface area contributed by atoms with E-state index in [0.717, 1.165) is 12.0 Å². The van der Waals surface area contributed by atoms with Crippen molar-refractivity contribution < 1.29 is 14.3 Å². The molecule has 1 saturated heterocycles. The number of carbonyl (C=O) groups is 2. The first-order valence-electron chi connectivity index (χ1n) is 8.16. The number of methoxy groups -OCH3 is 1. The summed E-state index contributed by atoms with van der Waals surface area (Å²) in [6.07, 6.45) is 1.56. The molecule has 4 heteroatoms. The molecule has 3 rings (SSSR count). The van der Waals surface area contributed by atoms with Crippen molar-refractivity contribution in [2.75, 3.05) is 13.7 Å². The molecule has 0 spiro atoms. The van der Waals surface area contributed by atoms with Crippen molar-refractivity contribution in [1.82, 2.24) is 4.90 Å². The zero-order valence-electron chi connectivity index (χ0n) is 14.0. The van der Waals surface area contributed by atoms with Crippen molar-refractivity contribution in [3.05, 3.63) is 65.2 Å². The molecule has 0 aliphatic carbocycles. The van der Waals surface area contributed by atoms with E-state index in [1.807, 2.05) is 31.2 Å². The summed E-state index contributed by atoms with van der Waals surface area (Å²) >= 11 is 0.